The average Bonchev–Trinajstić information content (AvgIpc) is 2.48. The molecule has 0 saturated carbocycles. The number of benzene rings is 1. The molecule has 3 N–H and O–H groups in total. The molecule has 0 aliphatic heterocycles. The maximum atomic E-state index is 11.0. The Kier molecular flexibility index (Phi) is 5.17. The van der Waals surface area contributed by atoms with Crippen molar-refractivity contribution in [2.75, 3.05) is 5.32 Å². The molecule has 0 aliphatic rings. The van der Waals surface area contributed by atoms with Crippen LogP contribution in [-0.4, -0.2) is 16.9 Å². The van der Waals surface area contributed by atoms with Crippen molar-refractivity contribution in [3.63, 3.8) is 0 Å². The van der Waals surface area contributed by atoms with E-state index < -0.39 is 5.91 Å². The number of pyridine rings is 1. The fraction of sp³-hybridized carbons (Fsp3) is 0.250. The van der Waals surface area contributed by atoms with Crippen molar-refractivity contribution in [2.24, 2.45) is 5.73 Å². The Balaban J connectivity index is 1.93. The van der Waals surface area contributed by atoms with Crippen LogP contribution in [0, 0.1) is 0 Å². The summed E-state index contributed by atoms with van der Waals surface area (Å²) in [4.78, 5) is 15.2. The lowest BCUT2D eigenvalue weighted by molar-refractivity contribution is 0.1000. The van der Waals surface area contributed by atoms with Crippen LogP contribution in [0.25, 0.3) is 0 Å². The van der Waals surface area contributed by atoms with Crippen LogP contribution >= 0.6 is 11.6 Å². The molecule has 21 heavy (non-hydrogen) atoms. The first kappa shape index (κ1) is 15.3. The van der Waals surface area contributed by atoms with Crippen molar-refractivity contribution >= 4 is 23.3 Å². The number of carbonyl (C=O) groups is 1. The highest BCUT2D eigenvalue weighted by molar-refractivity contribution is 6.33. The largest absolute Gasteiger partial charge is 0.366 e. The van der Waals surface area contributed by atoms with Crippen molar-refractivity contribution < 1.29 is 4.79 Å². The number of aromatic nitrogens is 1. The molecule has 110 valence electrons. The summed E-state index contributed by atoms with van der Waals surface area (Å²) in [6.45, 7) is 2.07. The van der Waals surface area contributed by atoms with E-state index in [9.17, 15) is 4.79 Å². The summed E-state index contributed by atoms with van der Waals surface area (Å²) in [6, 6.07) is 12.1. The van der Waals surface area contributed by atoms with Gasteiger partial charge in [-0.25, -0.2) is 4.98 Å². The smallest absolute Gasteiger partial charge is 0.250 e. The Hall–Kier alpha value is -2.07. The average molecular weight is 304 g/mol. The predicted octanol–water partition coefficient (Wildman–Crippen LogP) is 3.27. The number of carbonyl (C=O) groups excluding carboxylic acids is 1. The lowest BCUT2D eigenvalue weighted by Gasteiger charge is -2.15. The van der Waals surface area contributed by atoms with Gasteiger partial charge in [-0.1, -0.05) is 41.9 Å². The van der Waals surface area contributed by atoms with Crippen molar-refractivity contribution in [1.82, 2.24) is 4.98 Å². The molecular formula is C16H18ClN3O. The van der Waals surface area contributed by atoms with Gasteiger partial charge in [0.15, 0.2) is 0 Å². The summed E-state index contributed by atoms with van der Waals surface area (Å²) in [5, 5.41) is 3.65. The minimum absolute atomic E-state index is 0.217. The zero-order chi connectivity index (χ0) is 15.2. The van der Waals surface area contributed by atoms with Gasteiger partial charge in [0, 0.05) is 12.2 Å². The molecule has 0 fully saturated rings. The van der Waals surface area contributed by atoms with E-state index >= 15 is 0 Å². The highest BCUT2D eigenvalue weighted by Crippen LogP contribution is 2.21. The van der Waals surface area contributed by atoms with Gasteiger partial charge in [0.2, 0.25) is 5.91 Å². The molecule has 1 amide bonds. The number of aryl methyl sites for hydroxylation is 1. The Morgan fingerprint density at radius 3 is 2.71 bits per heavy atom. The summed E-state index contributed by atoms with van der Waals surface area (Å²) in [6.07, 6.45) is 3.37. The molecule has 2 rings (SSSR count). The number of hydrogen-bond donors (Lipinski definition) is 2. The van der Waals surface area contributed by atoms with Crippen LogP contribution in [0.1, 0.15) is 29.3 Å². The number of primary amides is 1. The van der Waals surface area contributed by atoms with Gasteiger partial charge in [-0.3, -0.25) is 4.79 Å². The van der Waals surface area contributed by atoms with Crippen LogP contribution in [0.3, 0.4) is 0 Å². The number of nitrogens with zero attached hydrogens (tertiary/aromatic N) is 1. The second-order valence-corrected chi connectivity index (χ2v) is 5.40. The highest BCUT2D eigenvalue weighted by Gasteiger charge is 2.10. The molecular weight excluding hydrogens is 286 g/mol. The number of nitrogens with two attached hydrogens (primary N) is 1. The van der Waals surface area contributed by atoms with Gasteiger partial charge in [0.05, 0.1) is 10.6 Å². The van der Waals surface area contributed by atoms with E-state index in [0.717, 1.165) is 12.8 Å². The maximum Gasteiger partial charge on any atom is 0.250 e. The molecule has 0 spiro atoms. The van der Waals surface area contributed by atoms with E-state index in [1.54, 1.807) is 0 Å². The first-order valence-electron chi connectivity index (χ1n) is 6.82. The Labute approximate surface area is 129 Å². The second kappa shape index (κ2) is 7.09. The molecule has 1 aromatic heterocycles. The number of hydrogen-bond acceptors (Lipinski definition) is 3. The number of nitrogens with one attached hydrogen (secondary N) is 1. The first-order valence-corrected chi connectivity index (χ1v) is 7.20. The normalized spacial score (nSPS) is 11.9. The number of amides is 1. The lowest BCUT2D eigenvalue weighted by Crippen LogP contribution is -2.18. The minimum atomic E-state index is -0.534. The van der Waals surface area contributed by atoms with Crippen LogP contribution in [0.5, 0.6) is 0 Å². The number of anilines is 1. The van der Waals surface area contributed by atoms with Crippen molar-refractivity contribution in [2.45, 2.75) is 25.8 Å². The SMILES string of the molecule is C[C@H](CCc1ccccc1)Nc1ncc(C(N)=O)cc1Cl. The minimum Gasteiger partial charge on any atom is -0.366 e. The van der Waals surface area contributed by atoms with Gasteiger partial charge in [-0.15, -0.1) is 0 Å². The van der Waals surface area contributed by atoms with Gasteiger partial charge in [0.1, 0.15) is 5.82 Å². The zero-order valence-electron chi connectivity index (χ0n) is 11.8. The molecule has 2 aromatic rings. The van der Waals surface area contributed by atoms with Crippen molar-refractivity contribution in [3.05, 3.63) is 58.7 Å². The van der Waals surface area contributed by atoms with E-state index in [2.05, 4.69) is 29.4 Å². The summed E-state index contributed by atoms with van der Waals surface area (Å²) < 4.78 is 0. The third-order valence-corrected chi connectivity index (χ3v) is 3.51. The molecule has 0 bridgehead atoms. The summed E-state index contributed by atoms with van der Waals surface area (Å²) >= 11 is 6.10. The van der Waals surface area contributed by atoms with Gasteiger partial charge in [-0.05, 0) is 31.4 Å². The molecule has 0 radical (unpaired) electrons. The zero-order valence-corrected chi connectivity index (χ0v) is 12.6. The quantitative estimate of drug-likeness (QED) is 0.860. The first-order chi connectivity index (χ1) is 10.1. The molecule has 1 heterocycles. The summed E-state index contributed by atoms with van der Waals surface area (Å²) in [7, 11) is 0. The molecule has 0 saturated heterocycles. The Morgan fingerprint density at radius 1 is 1.38 bits per heavy atom. The number of rotatable bonds is 6. The van der Waals surface area contributed by atoms with E-state index in [-0.39, 0.29) is 6.04 Å². The third kappa shape index (κ3) is 4.46. The highest BCUT2D eigenvalue weighted by atomic mass is 35.5. The summed E-state index contributed by atoms with van der Waals surface area (Å²) in [5.41, 5.74) is 6.80. The lowest BCUT2D eigenvalue weighted by atomic mass is 10.1. The van der Waals surface area contributed by atoms with Crippen molar-refractivity contribution in [1.29, 1.82) is 0 Å². The molecule has 1 aromatic carbocycles. The maximum absolute atomic E-state index is 11.0. The third-order valence-electron chi connectivity index (χ3n) is 3.22. The van der Waals surface area contributed by atoms with Crippen LogP contribution in [-0.2, 0) is 6.42 Å². The van der Waals surface area contributed by atoms with E-state index in [0.29, 0.717) is 16.4 Å². The van der Waals surface area contributed by atoms with Crippen LogP contribution in [0.4, 0.5) is 5.82 Å². The molecule has 0 aliphatic carbocycles. The van der Waals surface area contributed by atoms with Crippen LogP contribution in [0.2, 0.25) is 5.02 Å². The van der Waals surface area contributed by atoms with E-state index in [1.807, 2.05) is 18.2 Å². The van der Waals surface area contributed by atoms with Gasteiger partial charge in [-0.2, -0.15) is 0 Å². The Morgan fingerprint density at radius 2 is 2.10 bits per heavy atom. The van der Waals surface area contributed by atoms with E-state index in [1.165, 1.54) is 17.8 Å². The second-order valence-electron chi connectivity index (χ2n) is 4.99. The van der Waals surface area contributed by atoms with Crippen LogP contribution in [0.15, 0.2) is 42.6 Å². The molecule has 5 heteroatoms. The predicted molar refractivity (Wildman–Crippen MR) is 85.6 cm³/mol. The van der Waals surface area contributed by atoms with Crippen LogP contribution < -0.4 is 11.1 Å². The Bertz CT molecular complexity index is 616. The van der Waals surface area contributed by atoms with Crippen molar-refractivity contribution in [3.8, 4) is 0 Å². The van der Waals surface area contributed by atoms with E-state index in [4.69, 9.17) is 17.3 Å². The molecule has 1 atom stereocenters. The van der Waals surface area contributed by atoms with Gasteiger partial charge in [0.25, 0.3) is 0 Å². The van der Waals surface area contributed by atoms with Gasteiger partial charge < -0.3 is 11.1 Å². The monoisotopic (exact) mass is 303 g/mol. The number of halogens is 1. The fourth-order valence-electron chi connectivity index (χ4n) is 2.01. The van der Waals surface area contributed by atoms with Gasteiger partial charge >= 0.3 is 0 Å². The molecule has 0 unspecified atom stereocenters. The molecule has 4 nitrogen and oxygen atoms in total. The standard InChI is InChI=1S/C16H18ClN3O/c1-11(7-8-12-5-3-2-4-6-12)20-16-14(17)9-13(10-19-16)15(18)21/h2-6,9-11H,7-8H2,1H3,(H2,18,21)(H,19,20)/t11-/m1/s1. The fourth-order valence-corrected chi connectivity index (χ4v) is 2.23. The topological polar surface area (TPSA) is 68.0 Å². The summed E-state index contributed by atoms with van der Waals surface area (Å²) in [5.74, 6) is 0.0373.